The first-order chi connectivity index (χ1) is 9.40. The summed E-state index contributed by atoms with van der Waals surface area (Å²) in [6.07, 6.45) is 2.86. The Morgan fingerprint density at radius 1 is 1.50 bits per heavy atom. The molecule has 0 aromatic carbocycles. The molecule has 0 aliphatic carbocycles. The zero-order valence-corrected chi connectivity index (χ0v) is 15.9. The summed E-state index contributed by atoms with van der Waals surface area (Å²) in [4.78, 5) is 1.35. The minimum Gasteiger partial charge on any atom is -0.312 e. The molecule has 1 aromatic rings. The molecule has 0 fully saturated rings. The summed E-state index contributed by atoms with van der Waals surface area (Å²) in [5, 5.41) is 3.65. The van der Waals surface area contributed by atoms with Gasteiger partial charge in [0.25, 0.3) is 0 Å². The van der Waals surface area contributed by atoms with Crippen molar-refractivity contribution in [1.29, 1.82) is 0 Å². The molecule has 1 aromatic heterocycles. The molecule has 4 nitrogen and oxygen atoms in total. The molecule has 1 atom stereocenters. The van der Waals surface area contributed by atoms with Crippen molar-refractivity contribution in [2.75, 3.05) is 19.3 Å². The third-order valence-corrected chi connectivity index (χ3v) is 7.54. The monoisotopic (exact) mass is 400 g/mol. The van der Waals surface area contributed by atoms with Crippen molar-refractivity contribution in [3.63, 3.8) is 0 Å². The van der Waals surface area contributed by atoms with E-state index in [1.807, 2.05) is 13.2 Å². The van der Waals surface area contributed by atoms with E-state index in [0.717, 1.165) is 17.8 Å². The van der Waals surface area contributed by atoms with Crippen LogP contribution in [0.15, 0.2) is 14.7 Å². The summed E-state index contributed by atoms with van der Waals surface area (Å²) in [5.41, 5.74) is 0. The highest BCUT2D eigenvalue weighted by atomic mass is 79.9. The highest BCUT2D eigenvalue weighted by Crippen LogP contribution is 2.31. The SMILES string of the molecule is CCNCc1cc(S(=O)(=O)NCCC(C)SC)c(Br)s1. The summed E-state index contributed by atoms with van der Waals surface area (Å²) in [5.74, 6) is 0. The maximum absolute atomic E-state index is 12.2. The molecule has 116 valence electrons. The second-order valence-corrected chi connectivity index (χ2v) is 9.83. The maximum Gasteiger partial charge on any atom is 0.242 e. The van der Waals surface area contributed by atoms with Gasteiger partial charge in [-0.25, -0.2) is 13.1 Å². The Morgan fingerprint density at radius 2 is 2.20 bits per heavy atom. The van der Waals surface area contributed by atoms with Gasteiger partial charge < -0.3 is 5.32 Å². The highest BCUT2D eigenvalue weighted by Gasteiger charge is 2.20. The van der Waals surface area contributed by atoms with Gasteiger partial charge >= 0.3 is 0 Å². The minimum atomic E-state index is -3.42. The first-order valence-corrected chi connectivity index (χ1v) is 10.8. The summed E-state index contributed by atoms with van der Waals surface area (Å²) < 4.78 is 27.8. The standard InChI is InChI=1S/C12H21BrN2O2S3/c1-4-14-8-10-7-11(12(13)19-10)20(16,17)15-6-5-9(2)18-3/h7,9,14-15H,4-6,8H2,1-3H3. The molecule has 8 heteroatoms. The number of hydrogen-bond acceptors (Lipinski definition) is 5. The minimum absolute atomic E-state index is 0.340. The number of thioether (sulfide) groups is 1. The zero-order chi connectivity index (χ0) is 15.2. The van der Waals surface area contributed by atoms with Gasteiger partial charge in [0.2, 0.25) is 10.0 Å². The number of sulfonamides is 1. The van der Waals surface area contributed by atoms with Crippen molar-refractivity contribution < 1.29 is 8.42 Å². The van der Waals surface area contributed by atoms with Crippen LogP contribution >= 0.6 is 39.0 Å². The normalized spacial score (nSPS) is 13.6. The molecule has 0 bridgehead atoms. The quantitative estimate of drug-likeness (QED) is 0.668. The van der Waals surface area contributed by atoms with Crippen molar-refractivity contribution in [3.05, 3.63) is 14.7 Å². The average molecular weight is 401 g/mol. The lowest BCUT2D eigenvalue weighted by Crippen LogP contribution is -2.26. The molecule has 1 rings (SSSR count). The molecule has 1 unspecified atom stereocenters. The molecule has 1 heterocycles. The van der Waals surface area contributed by atoms with Gasteiger partial charge in [0.05, 0.1) is 3.79 Å². The van der Waals surface area contributed by atoms with Crippen LogP contribution in [-0.4, -0.2) is 33.0 Å². The molecule has 20 heavy (non-hydrogen) atoms. The second kappa shape index (κ2) is 8.75. The molecule has 0 saturated heterocycles. The van der Waals surface area contributed by atoms with Gasteiger partial charge in [0.15, 0.2) is 0 Å². The topological polar surface area (TPSA) is 58.2 Å². The Morgan fingerprint density at radius 3 is 2.80 bits per heavy atom. The Balaban J connectivity index is 2.69. The average Bonchev–Trinajstić information content (AvgIpc) is 2.78. The molecule has 2 N–H and O–H groups in total. The molecular formula is C12H21BrN2O2S3. The van der Waals surface area contributed by atoms with Crippen LogP contribution < -0.4 is 10.0 Å². The molecular weight excluding hydrogens is 380 g/mol. The van der Waals surface area contributed by atoms with Crippen LogP contribution in [0, 0.1) is 0 Å². The van der Waals surface area contributed by atoms with Gasteiger partial charge in [0, 0.05) is 23.2 Å². The third-order valence-electron chi connectivity index (χ3n) is 2.79. The highest BCUT2D eigenvalue weighted by molar-refractivity contribution is 9.11. The van der Waals surface area contributed by atoms with E-state index in [2.05, 4.69) is 32.9 Å². The Labute approximate surface area is 138 Å². The molecule has 0 aliphatic heterocycles. The lowest BCUT2D eigenvalue weighted by molar-refractivity contribution is 0.579. The van der Waals surface area contributed by atoms with Crippen molar-refractivity contribution in [1.82, 2.24) is 10.0 Å². The van der Waals surface area contributed by atoms with Gasteiger partial charge in [-0.3, -0.25) is 0 Å². The van der Waals surface area contributed by atoms with E-state index in [1.54, 1.807) is 17.8 Å². The zero-order valence-electron chi connectivity index (χ0n) is 11.9. The molecule has 0 spiro atoms. The summed E-state index contributed by atoms with van der Waals surface area (Å²) in [7, 11) is -3.42. The van der Waals surface area contributed by atoms with Crippen LogP contribution in [0.3, 0.4) is 0 Å². The Bertz CT molecular complexity index is 517. The van der Waals surface area contributed by atoms with Gasteiger partial charge in [-0.1, -0.05) is 13.8 Å². The molecule has 0 radical (unpaired) electrons. The van der Waals surface area contributed by atoms with E-state index in [1.165, 1.54) is 11.3 Å². The fraction of sp³-hybridized carbons (Fsp3) is 0.667. The predicted octanol–water partition coefficient (Wildman–Crippen LogP) is 3.04. The first-order valence-electron chi connectivity index (χ1n) is 6.42. The number of rotatable bonds is 9. The predicted molar refractivity (Wildman–Crippen MR) is 92.2 cm³/mol. The number of halogens is 1. The van der Waals surface area contributed by atoms with E-state index < -0.39 is 10.0 Å². The fourth-order valence-corrected chi connectivity index (χ4v) is 5.56. The molecule has 0 aliphatic rings. The lowest BCUT2D eigenvalue weighted by atomic mass is 10.3. The third kappa shape index (κ3) is 5.65. The number of hydrogen-bond donors (Lipinski definition) is 2. The van der Waals surface area contributed by atoms with Crippen LogP contribution in [0.1, 0.15) is 25.1 Å². The van der Waals surface area contributed by atoms with Crippen LogP contribution in [0.5, 0.6) is 0 Å². The van der Waals surface area contributed by atoms with Gasteiger partial charge in [-0.2, -0.15) is 11.8 Å². The van der Waals surface area contributed by atoms with Crippen molar-refractivity contribution in [2.45, 2.75) is 37.0 Å². The lowest BCUT2D eigenvalue weighted by Gasteiger charge is -2.09. The first kappa shape index (κ1) is 18.4. The Kier molecular flexibility index (Phi) is 8.07. The van der Waals surface area contributed by atoms with E-state index in [0.29, 0.717) is 27.0 Å². The van der Waals surface area contributed by atoms with Crippen LogP contribution in [0.4, 0.5) is 0 Å². The summed E-state index contributed by atoms with van der Waals surface area (Å²) in [6.45, 7) is 6.14. The fourth-order valence-electron chi connectivity index (χ4n) is 1.51. The summed E-state index contributed by atoms with van der Waals surface area (Å²) in [6, 6.07) is 1.73. The number of nitrogens with one attached hydrogen (secondary N) is 2. The van der Waals surface area contributed by atoms with Gasteiger partial charge in [-0.05, 0) is 41.2 Å². The Hall–Kier alpha value is 0.400. The van der Waals surface area contributed by atoms with Gasteiger partial charge in [0.1, 0.15) is 4.90 Å². The largest absolute Gasteiger partial charge is 0.312 e. The van der Waals surface area contributed by atoms with Gasteiger partial charge in [-0.15, -0.1) is 11.3 Å². The van der Waals surface area contributed by atoms with Crippen molar-refractivity contribution >= 4 is 49.1 Å². The van der Waals surface area contributed by atoms with E-state index in [-0.39, 0.29) is 0 Å². The van der Waals surface area contributed by atoms with E-state index >= 15 is 0 Å². The smallest absolute Gasteiger partial charge is 0.242 e. The second-order valence-electron chi connectivity index (χ2n) is 4.36. The van der Waals surface area contributed by atoms with Crippen LogP contribution in [0.25, 0.3) is 0 Å². The van der Waals surface area contributed by atoms with E-state index in [9.17, 15) is 8.42 Å². The van der Waals surface area contributed by atoms with Crippen LogP contribution in [0.2, 0.25) is 0 Å². The van der Waals surface area contributed by atoms with E-state index in [4.69, 9.17) is 0 Å². The molecule has 0 saturated carbocycles. The van der Waals surface area contributed by atoms with Crippen molar-refractivity contribution in [2.24, 2.45) is 0 Å². The molecule has 0 amide bonds. The van der Waals surface area contributed by atoms with Crippen molar-refractivity contribution in [3.8, 4) is 0 Å². The summed E-state index contributed by atoms with van der Waals surface area (Å²) >= 11 is 6.54. The van der Waals surface area contributed by atoms with Crippen LogP contribution in [-0.2, 0) is 16.6 Å². The number of thiophene rings is 1. The maximum atomic E-state index is 12.2.